The van der Waals surface area contributed by atoms with Crippen molar-refractivity contribution in [2.24, 2.45) is 0 Å². The molecule has 0 radical (unpaired) electrons. The first kappa shape index (κ1) is 33.4. The Morgan fingerprint density at radius 2 is 1.20 bits per heavy atom. The molecule has 0 saturated carbocycles. The van der Waals surface area contributed by atoms with Gasteiger partial charge in [0.15, 0.2) is 0 Å². The number of hydrogen-bond donors (Lipinski definition) is 0. The van der Waals surface area contributed by atoms with E-state index in [1.165, 1.54) is 48.0 Å². The second kappa shape index (κ2) is 14.5. The number of alkyl halides is 6. The molecule has 0 aliphatic carbocycles. The average Bonchev–Trinajstić information content (AvgIpc) is 3.46. The van der Waals surface area contributed by atoms with Gasteiger partial charge in [-0.15, -0.1) is 0 Å². The number of benzene rings is 4. The van der Waals surface area contributed by atoms with Crippen molar-refractivity contribution < 1.29 is 39.7 Å². The minimum atomic E-state index is -5.67. The molecule has 1 fully saturated rings. The summed E-state index contributed by atoms with van der Waals surface area (Å²) in [6, 6.07) is 28.8. The Balaban J connectivity index is 0.000000201. The maximum Gasteiger partial charge on any atom is 0.430 e. The molecule has 1 aliphatic rings. The van der Waals surface area contributed by atoms with E-state index in [0.717, 1.165) is 55.2 Å². The zero-order chi connectivity index (χ0) is 31.8. The van der Waals surface area contributed by atoms with Crippen LogP contribution in [0.15, 0.2) is 120 Å². The van der Waals surface area contributed by atoms with E-state index >= 15 is 0 Å². The minimum Gasteiger partial charge on any atom is -0.349 e. The van der Waals surface area contributed by atoms with Crippen molar-refractivity contribution >= 4 is 10.8 Å². The van der Waals surface area contributed by atoms with Gasteiger partial charge in [0.25, 0.3) is 5.60 Å². The third-order valence-corrected chi connectivity index (χ3v) is 8.83. The molecule has 234 valence electrons. The monoisotopic (exact) mass is 637 g/mol. The lowest BCUT2D eigenvalue weighted by molar-refractivity contribution is -0.392. The number of halogens is 7. The van der Waals surface area contributed by atoms with Crippen LogP contribution in [-0.2, 0) is 34.3 Å². The molecule has 2 atom stereocenters. The third-order valence-electron chi connectivity index (χ3n) is 7.10. The van der Waals surface area contributed by atoms with E-state index in [1.807, 2.05) is 18.2 Å². The summed E-state index contributed by atoms with van der Waals surface area (Å²) in [7, 11) is -1.05. The quantitative estimate of drug-likeness (QED) is 0.182. The van der Waals surface area contributed by atoms with E-state index in [2.05, 4.69) is 21.8 Å². The molecule has 0 aromatic heterocycles. The molecule has 44 heavy (non-hydrogen) atoms. The van der Waals surface area contributed by atoms with Gasteiger partial charge in [0.1, 0.15) is 5.82 Å². The van der Waals surface area contributed by atoms with Crippen LogP contribution in [0.2, 0.25) is 0 Å². The molecule has 4 aromatic carbocycles. The third kappa shape index (κ3) is 8.13. The van der Waals surface area contributed by atoms with Gasteiger partial charge in [0.2, 0.25) is 0 Å². The molecule has 5 rings (SSSR count). The number of hydrogen-bond acceptors (Lipinski definition) is 3. The standard InChI is InChI=1S/C17H18FNOS.C16H12F6O/c18-15-6-8-16(9-7-15)21(20)17-10-11-19(13-17)12-14-4-2-1-3-5-14;17-15(18,19)14(16(20,21)22,13-9-5-2-6-10-13)23-11-12-7-3-1-4-8-12/h1-9,17H,10-13H2;1-10H,11H2. The Bertz CT molecular complexity index is 1450. The molecule has 0 spiro atoms. The lowest BCUT2D eigenvalue weighted by Gasteiger charge is -2.37. The summed E-state index contributed by atoms with van der Waals surface area (Å²) < 4.78 is 110. The van der Waals surface area contributed by atoms with Crippen LogP contribution in [0.1, 0.15) is 23.1 Å². The smallest absolute Gasteiger partial charge is 0.349 e. The molecule has 1 heterocycles. The Labute approximate surface area is 253 Å². The van der Waals surface area contributed by atoms with E-state index in [4.69, 9.17) is 0 Å². The lowest BCUT2D eigenvalue weighted by atomic mass is 9.91. The SMILES string of the molecule is FC(F)(F)C(OCc1ccccc1)(c1ccccc1)C(F)(F)F.O=S(c1ccc(F)cc1)C1CCN(Cc2ccccc2)C1. The van der Waals surface area contributed by atoms with Gasteiger partial charge in [0.05, 0.1) is 22.7 Å². The fraction of sp³-hybridized carbons (Fsp3) is 0.273. The van der Waals surface area contributed by atoms with Crippen LogP contribution in [0.3, 0.4) is 0 Å². The molecule has 11 heteroatoms. The predicted molar refractivity (Wildman–Crippen MR) is 154 cm³/mol. The number of nitrogens with zero attached hydrogens (tertiary/aromatic N) is 1. The normalized spacial score (nSPS) is 16.7. The van der Waals surface area contributed by atoms with Gasteiger partial charge in [-0.25, -0.2) is 4.39 Å². The van der Waals surface area contributed by atoms with Gasteiger partial charge < -0.3 is 4.74 Å². The van der Waals surface area contributed by atoms with E-state index in [1.54, 1.807) is 18.2 Å². The van der Waals surface area contributed by atoms with Gasteiger partial charge in [-0.05, 0) is 48.4 Å². The maximum absolute atomic E-state index is 13.4. The van der Waals surface area contributed by atoms with Crippen LogP contribution in [0.4, 0.5) is 30.7 Å². The first-order valence-electron chi connectivity index (χ1n) is 13.7. The maximum atomic E-state index is 13.4. The van der Waals surface area contributed by atoms with Crippen molar-refractivity contribution in [3.63, 3.8) is 0 Å². The minimum absolute atomic E-state index is 0.138. The highest BCUT2D eigenvalue weighted by molar-refractivity contribution is 7.85. The number of ether oxygens (including phenoxy) is 1. The predicted octanol–water partition coefficient (Wildman–Crippen LogP) is 8.43. The van der Waals surface area contributed by atoms with Crippen LogP contribution < -0.4 is 0 Å². The van der Waals surface area contributed by atoms with Gasteiger partial charge in [-0.3, -0.25) is 9.11 Å². The summed E-state index contributed by atoms with van der Waals surface area (Å²) >= 11 is 0. The summed E-state index contributed by atoms with van der Waals surface area (Å²) in [5, 5.41) is 0.138. The van der Waals surface area contributed by atoms with Crippen LogP contribution in [-0.4, -0.2) is 39.8 Å². The first-order valence-corrected chi connectivity index (χ1v) is 14.9. The van der Waals surface area contributed by atoms with E-state index in [0.29, 0.717) is 0 Å². The van der Waals surface area contributed by atoms with Gasteiger partial charge in [-0.1, -0.05) is 91.0 Å². The Kier molecular flexibility index (Phi) is 11.0. The summed E-state index contributed by atoms with van der Waals surface area (Å²) in [5.41, 5.74) is -3.89. The van der Waals surface area contributed by atoms with Crippen LogP contribution in [0.25, 0.3) is 0 Å². The van der Waals surface area contributed by atoms with E-state index < -0.39 is 40.9 Å². The molecule has 0 bridgehead atoms. The zero-order valence-electron chi connectivity index (χ0n) is 23.4. The van der Waals surface area contributed by atoms with E-state index in [9.17, 15) is 34.9 Å². The summed E-state index contributed by atoms with van der Waals surface area (Å²) in [6.07, 6.45) is -10.4. The van der Waals surface area contributed by atoms with Crippen molar-refractivity contribution in [3.05, 3.63) is 138 Å². The van der Waals surface area contributed by atoms with Crippen molar-refractivity contribution in [2.45, 2.75) is 47.7 Å². The second-order valence-electron chi connectivity index (χ2n) is 10.2. The molecule has 3 nitrogen and oxygen atoms in total. The number of likely N-dealkylation sites (tertiary alicyclic amines) is 1. The number of rotatable bonds is 8. The molecule has 2 unspecified atom stereocenters. The fourth-order valence-corrected chi connectivity index (χ4v) is 6.35. The lowest BCUT2D eigenvalue weighted by Crippen LogP contribution is -2.55. The summed E-state index contributed by atoms with van der Waals surface area (Å²) in [6.45, 7) is 1.87. The molecular formula is C33H30F7NO2S. The molecule has 1 aliphatic heterocycles. The largest absolute Gasteiger partial charge is 0.430 e. The first-order chi connectivity index (χ1) is 20.9. The van der Waals surface area contributed by atoms with Crippen molar-refractivity contribution in [3.8, 4) is 0 Å². The van der Waals surface area contributed by atoms with Gasteiger partial charge in [-0.2, -0.15) is 26.3 Å². The molecule has 1 saturated heterocycles. The Hall–Kier alpha value is -3.54. The topological polar surface area (TPSA) is 29.5 Å². The Morgan fingerprint density at radius 1 is 0.705 bits per heavy atom. The van der Waals surface area contributed by atoms with Crippen LogP contribution in [0, 0.1) is 5.82 Å². The molecule has 4 aromatic rings. The zero-order valence-corrected chi connectivity index (χ0v) is 24.2. The Morgan fingerprint density at radius 3 is 1.73 bits per heavy atom. The van der Waals surface area contributed by atoms with Crippen molar-refractivity contribution in [2.75, 3.05) is 13.1 Å². The van der Waals surface area contributed by atoms with Gasteiger partial charge >= 0.3 is 12.4 Å². The van der Waals surface area contributed by atoms with Crippen LogP contribution in [0.5, 0.6) is 0 Å². The molecule has 0 amide bonds. The highest BCUT2D eigenvalue weighted by Gasteiger charge is 2.73. The van der Waals surface area contributed by atoms with Crippen molar-refractivity contribution in [1.29, 1.82) is 0 Å². The van der Waals surface area contributed by atoms with E-state index in [-0.39, 0.29) is 16.6 Å². The van der Waals surface area contributed by atoms with Gasteiger partial charge in [0, 0.05) is 23.5 Å². The average molecular weight is 638 g/mol. The fourth-order valence-electron chi connectivity index (χ4n) is 4.89. The summed E-state index contributed by atoms with van der Waals surface area (Å²) in [5.74, 6) is -0.284. The summed E-state index contributed by atoms with van der Waals surface area (Å²) in [4.78, 5) is 3.06. The molecular weight excluding hydrogens is 607 g/mol. The molecule has 0 N–H and O–H groups in total. The van der Waals surface area contributed by atoms with Crippen molar-refractivity contribution in [1.82, 2.24) is 4.90 Å². The van der Waals surface area contributed by atoms with Crippen LogP contribution >= 0.6 is 0 Å². The second-order valence-corrected chi connectivity index (χ2v) is 11.9. The highest BCUT2D eigenvalue weighted by atomic mass is 32.2. The highest BCUT2D eigenvalue weighted by Crippen LogP contribution is 2.53.